The fourth-order valence-corrected chi connectivity index (χ4v) is 1.24. The number of ketones is 1. The molecule has 0 spiro atoms. The molecule has 0 atom stereocenters. The molecule has 1 aromatic heterocycles. The van der Waals surface area contributed by atoms with E-state index >= 15 is 0 Å². The monoisotopic (exact) mass is 194 g/mol. The van der Waals surface area contributed by atoms with Crippen molar-refractivity contribution in [1.82, 2.24) is 9.88 Å². The van der Waals surface area contributed by atoms with E-state index in [2.05, 4.69) is 4.98 Å². The molecule has 1 heterocycles. The SMILES string of the molecule is CCN(CC)C(=O)C(=O)c1ccc[nH]1. The smallest absolute Gasteiger partial charge is 0.296 e. The van der Waals surface area contributed by atoms with Crippen LogP contribution in [0.4, 0.5) is 0 Å². The fourth-order valence-electron chi connectivity index (χ4n) is 1.24. The molecule has 0 aliphatic heterocycles. The van der Waals surface area contributed by atoms with Gasteiger partial charge in [0.05, 0.1) is 5.69 Å². The molecule has 0 fully saturated rings. The molecule has 0 saturated carbocycles. The summed E-state index contributed by atoms with van der Waals surface area (Å²) in [5, 5.41) is 0. The van der Waals surface area contributed by atoms with Gasteiger partial charge in [-0.25, -0.2) is 0 Å². The fraction of sp³-hybridized carbons (Fsp3) is 0.400. The maximum atomic E-state index is 11.6. The molecule has 0 aliphatic carbocycles. The Hall–Kier alpha value is -1.58. The minimum Gasteiger partial charge on any atom is -0.358 e. The van der Waals surface area contributed by atoms with E-state index in [9.17, 15) is 9.59 Å². The quantitative estimate of drug-likeness (QED) is 0.575. The summed E-state index contributed by atoms with van der Waals surface area (Å²) in [6.07, 6.45) is 1.63. The second-order valence-corrected chi connectivity index (χ2v) is 2.89. The van der Waals surface area contributed by atoms with Gasteiger partial charge in [0.1, 0.15) is 0 Å². The van der Waals surface area contributed by atoms with E-state index in [0.29, 0.717) is 18.8 Å². The van der Waals surface area contributed by atoms with Crippen molar-refractivity contribution in [1.29, 1.82) is 0 Å². The molecular weight excluding hydrogens is 180 g/mol. The Labute approximate surface area is 82.9 Å². The zero-order chi connectivity index (χ0) is 10.6. The van der Waals surface area contributed by atoms with Gasteiger partial charge < -0.3 is 9.88 Å². The summed E-state index contributed by atoms with van der Waals surface area (Å²) in [7, 11) is 0. The highest BCUT2D eigenvalue weighted by atomic mass is 16.2. The van der Waals surface area contributed by atoms with Gasteiger partial charge in [0.25, 0.3) is 11.7 Å². The molecule has 4 heteroatoms. The normalized spacial score (nSPS) is 9.86. The molecule has 1 rings (SSSR count). The van der Waals surface area contributed by atoms with E-state index in [1.165, 1.54) is 4.90 Å². The minimum atomic E-state index is -0.473. The molecule has 0 bridgehead atoms. The van der Waals surface area contributed by atoms with Crippen molar-refractivity contribution in [3.8, 4) is 0 Å². The lowest BCUT2D eigenvalue weighted by Gasteiger charge is -2.16. The molecule has 1 amide bonds. The summed E-state index contributed by atoms with van der Waals surface area (Å²) in [6, 6.07) is 3.30. The van der Waals surface area contributed by atoms with Gasteiger partial charge >= 0.3 is 0 Å². The first kappa shape index (κ1) is 10.5. The van der Waals surface area contributed by atoms with Gasteiger partial charge in [-0.2, -0.15) is 0 Å². The Balaban J connectivity index is 2.75. The first-order valence-electron chi connectivity index (χ1n) is 4.67. The average molecular weight is 194 g/mol. The number of Topliss-reactive ketones (excluding diaryl/α,β-unsaturated/α-hetero) is 1. The Morgan fingerprint density at radius 2 is 2.00 bits per heavy atom. The molecule has 0 unspecified atom stereocenters. The van der Waals surface area contributed by atoms with Gasteiger partial charge in [0.15, 0.2) is 0 Å². The third kappa shape index (κ3) is 2.02. The number of hydrogen-bond acceptors (Lipinski definition) is 2. The van der Waals surface area contributed by atoms with Gasteiger partial charge in [-0.05, 0) is 26.0 Å². The standard InChI is InChI=1S/C10H14N2O2/c1-3-12(4-2)10(14)9(13)8-6-5-7-11-8/h5-7,11H,3-4H2,1-2H3. The lowest BCUT2D eigenvalue weighted by Crippen LogP contribution is -2.36. The molecule has 0 aliphatic rings. The number of amides is 1. The van der Waals surface area contributed by atoms with E-state index in [-0.39, 0.29) is 0 Å². The van der Waals surface area contributed by atoms with Crippen molar-refractivity contribution >= 4 is 11.7 Å². The van der Waals surface area contributed by atoms with Gasteiger partial charge in [0, 0.05) is 19.3 Å². The lowest BCUT2D eigenvalue weighted by molar-refractivity contribution is -0.126. The van der Waals surface area contributed by atoms with Gasteiger partial charge in [-0.1, -0.05) is 0 Å². The molecule has 0 saturated heterocycles. The molecule has 76 valence electrons. The second kappa shape index (κ2) is 4.60. The van der Waals surface area contributed by atoms with Gasteiger partial charge in [0.2, 0.25) is 0 Å². The highest BCUT2D eigenvalue weighted by Crippen LogP contribution is 2.00. The number of nitrogens with zero attached hydrogens (tertiary/aromatic N) is 1. The number of aromatic amines is 1. The van der Waals surface area contributed by atoms with Crippen LogP contribution in [-0.4, -0.2) is 34.7 Å². The second-order valence-electron chi connectivity index (χ2n) is 2.89. The number of carbonyl (C=O) groups excluding carboxylic acids is 2. The molecule has 4 nitrogen and oxygen atoms in total. The first-order valence-corrected chi connectivity index (χ1v) is 4.67. The highest BCUT2D eigenvalue weighted by molar-refractivity contribution is 6.42. The van der Waals surface area contributed by atoms with Crippen molar-refractivity contribution in [3.63, 3.8) is 0 Å². The molecule has 1 aromatic rings. The maximum absolute atomic E-state index is 11.6. The number of hydrogen-bond donors (Lipinski definition) is 1. The van der Waals surface area contributed by atoms with E-state index in [4.69, 9.17) is 0 Å². The Morgan fingerprint density at radius 3 is 2.43 bits per heavy atom. The van der Waals surface area contributed by atoms with Crippen LogP contribution in [0, 0.1) is 0 Å². The van der Waals surface area contributed by atoms with Crippen molar-refractivity contribution in [2.75, 3.05) is 13.1 Å². The Morgan fingerprint density at radius 1 is 1.36 bits per heavy atom. The van der Waals surface area contributed by atoms with E-state index in [1.54, 1.807) is 18.3 Å². The number of nitrogens with one attached hydrogen (secondary N) is 1. The molecule has 0 radical (unpaired) electrons. The number of likely N-dealkylation sites (N-methyl/N-ethyl adjacent to an activating group) is 1. The van der Waals surface area contributed by atoms with Crippen LogP contribution in [0.15, 0.2) is 18.3 Å². The maximum Gasteiger partial charge on any atom is 0.296 e. The van der Waals surface area contributed by atoms with Crippen LogP contribution in [0.25, 0.3) is 0 Å². The van der Waals surface area contributed by atoms with Crippen LogP contribution in [0.1, 0.15) is 24.3 Å². The van der Waals surface area contributed by atoms with E-state index < -0.39 is 11.7 Å². The highest BCUT2D eigenvalue weighted by Gasteiger charge is 2.21. The van der Waals surface area contributed by atoms with Crippen molar-refractivity contribution < 1.29 is 9.59 Å². The number of carbonyl (C=O) groups is 2. The zero-order valence-electron chi connectivity index (χ0n) is 8.41. The summed E-state index contributed by atoms with van der Waals surface area (Å²) in [5.74, 6) is -0.920. The number of rotatable bonds is 4. The summed E-state index contributed by atoms with van der Waals surface area (Å²) < 4.78 is 0. The predicted molar refractivity (Wildman–Crippen MR) is 53.1 cm³/mol. The molecule has 0 aromatic carbocycles. The van der Waals surface area contributed by atoms with E-state index in [0.717, 1.165) is 0 Å². The summed E-state index contributed by atoms with van der Waals surface area (Å²) in [6.45, 7) is 4.82. The topological polar surface area (TPSA) is 53.2 Å². The predicted octanol–water partition coefficient (Wildman–Crippen LogP) is 1.07. The Kier molecular flexibility index (Phi) is 3.45. The lowest BCUT2D eigenvalue weighted by atomic mass is 10.2. The van der Waals surface area contributed by atoms with Gasteiger partial charge in [-0.3, -0.25) is 9.59 Å². The van der Waals surface area contributed by atoms with Crippen molar-refractivity contribution in [2.45, 2.75) is 13.8 Å². The van der Waals surface area contributed by atoms with E-state index in [1.807, 2.05) is 13.8 Å². The van der Waals surface area contributed by atoms with Gasteiger partial charge in [-0.15, -0.1) is 0 Å². The molecular formula is C10H14N2O2. The molecule has 14 heavy (non-hydrogen) atoms. The Bertz CT molecular complexity index is 313. The summed E-state index contributed by atoms with van der Waals surface area (Å²) >= 11 is 0. The number of aromatic nitrogens is 1. The van der Waals surface area contributed by atoms with Crippen LogP contribution >= 0.6 is 0 Å². The average Bonchev–Trinajstić information content (AvgIpc) is 2.71. The first-order chi connectivity index (χ1) is 6.70. The molecule has 1 N–H and O–H groups in total. The number of H-pyrrole nitrogens is 1. The zero-order valence-corrected chi connectivity index (χ0v) is 8.41. The summed E-state index contributed by atoms with van der Waals surface area (Å²) in [5.41, 5.74) is 0.349. The minimum absolute atomic E-state index is 0.349. The van der Waals surface area contributed by atoms with Crippen LogP contribution in [0.2, 0.25) is 0 Å². The van der Waals surface area contributed by atoms with Crippen LogP contribution < -0.4 is 0 Å². The van der Waals surface area contributed by atoms with Crippen LogP contribution in [0.5, 0.6) is 0 Å². The third-order valence-corrected chi connectivity index (χ3v) is 2.09. The summed E-state index contributed by atoms with van der Waals surface area (Å²) in [4.78, 5) is 27.3. The van der Waals surface area contributed by atoms with Crippen LogP contribution in [-0.2, 0) is 4.79 Å². The third-order valence-electron chi connectivity index (χ3n) is 2.09. The largest absolute Gasteiger partial charge is 0.358 e. The van der Waals surface area contributed by atoms with Crippen molar-refractivity contribution in [3.05, 3.63) is 24.0 Å². The van der Waals surface area contributed by atoms with Crippen LogP contribution in [0.3, 0.4) is 0 Å². The van der Waals surface area contributed by atoms with Crippen molar-refractivity contribution in [2.24, 2.45) is 0 Å².